The number of benzene rings is 1. The van der Waals surface area contributed by atoms with Gasteiger partial charge in [0.05, 0.1) is 28.0 Å². The van der Waals surface area contributed by atoms with Crippen molar-refractivity contribution in [2.24, 2.45) is 5.92 Å². The number of nitrogens with zero attached hydrogens (tertiary/aromatic N) is 4. The molecule has 1 aromatic carbocycles. The third-order valence-electron chi connectivity index (χ3n) is 5.35. The molecule has 32 heavy (non-hydrogen) atoms. The Kier molecular flexibility index (Phi) is 7.29. The Morgan fingerprint density at radius 2 is 1.91 bits per heavy atom. The number of thiazole rings is 2. The Labute approximate surface area is 196 Å². The van der Waals surface area contributed by atoms with Gasteiger partial charge < -0.3 is 15.7 Å². The highest BCUT2D eigenvalue weighted by Crippen LogP contribution is 2.36. The molecule has 7 nitrogen and oxygen atoms in total. The van der Waals surface area contributed by atoms with Crippen LogP contribution in [-0.4, -0.2) is 38.2 Å². The van der Waals surface area contributed by atoms with Crippen LogP contribution in [0, 0.1) is 19.8 Å². The van der Waals surface area contributed by atoms with E-state index in [2.05, 4.69) is 28.6 Å². The van der Waals surface area contributed by atoms with Gasteiger partial charge in [-0.05, 0) is 38.3 Å². The fourth-order valence-electron chi connectivity index (χ4n) is 3.47. The molecule has 0 fully saturated rings. The number of aliphatic hydroxyl groups excluding tert-OH is 1. The lowest BCUT2D eigenvalue weighted by Crippen LogP contribution is -2.14. The lowest BCUT2D eigenvalue weighted by Gasteiger charge is -2.16. The second-order valence-electron chi connectivity index (χ2n) is 7.73. The van der Waals surface area contributed by atoms with Crippen LogP contribution in [0.25, 0.3) is 20.8 Å². The summed E-state index contributed by atoms with van der Waals surface area (Å²) >= 11 is 3.31. The van der Waals surface area contributed by atoms with Crippen LogP contribution in [-0.2, 0) is 6.54 Å². The number of anilines is 2. The van der Waals surface area contributed by atoms with E-state index in [9.17, 15) is 5.11 Å². The molecular weight excluding hydrogens is 440 g/mol. The molecule has 0 amide bonds. The summed E-state index contributed by atoms with van der Waals surface area (Å²) in [5, 5.41) is 18.2. The van der Waals surface area contributed by atoms with E-state index in [4.69, 9.17) is 15.0 Å². The molecule has 0 saturated carbocycles. The van der Waals surface area contributed by atoms with E-state index in [-0.39, 0.29) is 12.5 Å². The Hall–Kier alpha value is -2.62. The molecule has 0 aliphatic heterocycles. The number of rotatable bonds is 10. The van der Waals surface area contributed by atoms with Crippen LogP contribution in [0.2, 0.25) is 0 Å². The van der Waals surface area contributed by atoms with Gasteiger partial charge in [0, 0.05) is 24.2 Å². The van der Waals surface area contributed by atoms with E-state index in [1.54, 1.807) is 22.7 Å². The van der Waals surface area contributed by atoms with Crippen molar-refractivity contribution >= 4 is 44.7 Å². The summed E-state index contributed by atoms with van der Waals surface area (Å²) in [6.45, 7) is 7.65. The highest BCUT2D eigenvalue weighted by Gasteiger charge is 2.18. The molecule has 1 atom stereocenters. The Morgan fingerprint density at radius 3 is 2.62 bits per heavy atom. The van der Waals surface area contributed by atoms with Crippen molar-refractivity contribution in [2.45, 2.75) is 40.2 Å². The number of aryl methyl sites for hydroxylation is 2. The van der Waals surface area contributed by atoms with Crippen molar-refractivity contribution in [3.8, 4) is 10.6 Å². The highest BCUT2D eigenvalue weighted by molar-refractivity contribution is 7.21. The third-order valence-corrected chi connectivity index (χ3v) is 7.31. The predicted octanol–water partition coefficient (Wildman–Crippen LogP) is 5.26. The second-order valence-corrected chi connectivity index (χ2v) is 10.1. The molecule has 9 heteroatoms. The van der Waals surface area contributed by atoms with E-state index >= 15 is 0 Å². The van der Waals surface area contributed by atoms with E-state index in [0.29, 0.717) is 12.5 Å². The Bertz CT molecular complexity index is 1150. The number of nitrogens with one attached hydrogen (secondary N) is 2. The molecule has 0 aliphatic carbocycles. The van der Waals surface area contributed by atoms with Crippen LogP contribution < -0.4 is 10.6 Å². The second kappa shape index (κ2) is 10.3. The van der Waals surface area contributed by atoms with Crippen LogP contribution in [0.1, 0.15) is 35.3 Å². The average Bonchev–Trinajstić information content (AvgIpc) is 3.40. The summed E-state index contributed by atoms with van der Waals surface area (Å²) in [4.78, 5) is 19.9. The molecule has 0 radical (unpaired) electrons. The van der Waals surface area contributed by atoms with Gasteiger partial charge in [-0.1, -0.05) is 25.5 Å². The molecule has 0 bridgehead atoms. The molecule has 0 spiro atoms. The summed E-state index contributed by atoms with van der Waals surface area (Å²) < 4.78 is 1.14. The first-order chi connectivity index (χ1) is 15.6. The molecule has 3 aromatic heterocycles. The van der Waals surface area contributed by atoms with Gasteiger partial charge in [0.25, 0.3) is 0 Å². The Balaban J connectivity index is 1.63. The zero-order valence-electron chi connectivity index (χ0n) is 18.6. The van der Waals surface area contributed by atoms with Crippen LogP contribution in [0.4, 0.5) is 11.8 Å². The summed E-state index contributed by atoms with van der Waals surface area (Å²) in [5.41, 5.74) is 2.78. The lowest BCUT2D eigenvalue weighted by atomic mass is 10.0. The average molecular weight is 469 g/mol. The van der Waals surface area contributed by atoms with Gasteiger partial charge in [-0.25, -0.2) is 15.0 Å². The number of para-hydroxylation sites is 1. The minimum absolute atomic E-state index is 0.200. The first-order valence-electron chi connectivity index (χ1n) is 10.8. The molecule has 4 aromatic rings. The molecule has 168 valence electrons. The number of hydrogen-bond donors (Lipinski definition) is 3. The maximum absolute atomic E-state index is 9.53. The Morgan fingerprint density at radius 1 is 1.06 bits per heavy atom. The minimum Gasteiger partial charge on any atom is -0.396 e. The standard InChI is InChI=1S/C23H28N6OS2/c1-4-16(13-30)9-10-24-21-20(22-28-17-7-5-6-8-18(17)32-22)15(3)27-23(29-21)26-12-19-25-11-14(2)31-19/h5-8,11,16,30H,4,9-10,12-13H2,1-3H3,(H2,24,26,27,29). The van der Waals surface area contributed by atoms with Crippen molar-refractivity contribution in [3.63, 3.8) is 0 Å². The van der Waals surface area contributed by atoms with E-state index < -0.39 is 0 Å². The van der Waals surface area contributed by atoms with Crippen LogP contribution in [0.3, 0.4) is 0 Å². The number of aliphatic hydroxyl groups is 1. The van der Waals surface area contributed by atoms with E-state index in [0.717, 1.165) is 56.7 Å². The minimum atomic E-state index is 0.200. The summed E-state index contributed by atoms with van der Waals surface area (Å²) in [6.07, 6.45) is 3.70. The quantitative estimate of drug-likeness (QED) is 0.292. The fourth-order valence-corrected chi connectivity index (χ4v) is 5.26. The lowest BCUT2D eigenvalue weighted by molar-refractivity contribution is 0.217. The van der Waals surface area contributed by atoms with Crippen molar-refractivity contribution in [1.82, 2.24) is 19.9 Å². The maximum atomic E-state index is 9.53. The van der Waals surface area contributed by atoms with Crippen molar-refractivity contribution in [1.29, 1.82) is 0 Å². The van der Waals surface area contributed by atoms with Crippen LogP contribution >= 0.6 is 22.7 Å². The third kappa shape index (κ3) is 5.23. The summed E-state index contributed by atoms with van der Waals surface area (Å²) in [6, 6.07) is 8.14. The van der Waals surface area contributed by atoms with E-state index in [1.807, 2.05) is 38.2 Å². The van der Waals surface area contributed by atoms with Crippen LogP contribution in [0.5, 0.6) is 0 Å². The first-order valence-corrected chi connectivity index (χ1v) is 12.4. The molecule has 1 unspecified atom stereocenters. The largest absolute Gasteiger partial charge is 0.396 e. The van der Waals surface area contributed by atoms with Gasteiger partial charge in [0.2, 0.25) is 5.95 Å². The SMILES string of the molecule is CCC(CO)CCNc1nc(NCc2ncc(C)s2)nc(C)c1-c1nc2ccccc2s1. The van der Waals surface area contributed by atoms with E-state index in [1.165, 1.54) is 4.88 Å². The normalized spacial score (nSPS) is 12.2. The van der Waals surface area contributed by atoms with Gasteiger partial charge >= 0.3 is 0 Å². The smallest absolute Gasteiger partial charge is 0.225 e. The monoisotopic (exact) mass is 468 g/mol. The van der Waals surface area contributed by atoms with Crippen LogP contribution in [0.15, 0.2) is 30.5 Å². The molecular formula is C23H28N6OS2. The zero-order valence-corrected chi connectivity index (χ0v) is 20.2. The number of hydrogen-bond acceptors (Lipinski definition) is 9. The van der Waals surface area contributed by atoms with Gasteiger partial charge in [-0.15, -0.1) is 22.7 Å². The molecule has 3 N–H and O–H groups in total. The first kappa shape index (κ1) is 22.6. The topological polar surface area (TPSA) is 95.8 Å². The molecule has 0 aliphatic rings. The molecule has 0 saturated heterocycles. The maximum Gasteiger partial charge on any atom is 0.225 e. The van der Waals surface area contributed by atoms with Crippen molar-refractivity contribution < 1.29 is 5.11 Å². The van der Waals surface area contributed by atoms with Gasteiger partial charge in [-0.2, -0.15) is 4.98 Å². The number of fused-ring (bicyclic) bond motifs is 1. The van der Waals surface area contributed by atoms with Gasteiger partial charge in [-0.3, -0.25) is 0 Å². The molecule has 3 heterocycles. The number of aromatic nitrogens is 4. The fraction of sp³-hybridized carbons (Fsp3) is 0.391. The summed E-state index contributed by atoms with van der Waals surface area (Å²) in [5.74, 6) is 1.61. The van der Waals surface area contributed by atoms with Gasteiger partial charge in [0.1, 0.15) is 15.8 Å². The zero-order chi connectivity index (χ0) is 22.5. The van der Waals surface area contributed by atoms with Gasteiger partial charge in [0.15, 0.2) is 0 Å². The molecule has 4 rings (SSSR count). The van der Waals surface area contributed by atoms with Crippen molar-refractivity contribution in [3.05, 3.63) is 46.0 Å². The highest BCUT2D eigenvalue weighted by atomic mass is 32.1. The summed E-state index contributed by atoms with van der Waals surface area (Å²) in [7, 11) is 0. The predicted molar refractivity (Wildman–Crippen MR) is 134 cm³/mol. The van der Waals surface area contributed by atoms with Crippen molar-refractivity contribution in [2.75, 3.05) is 23.8 Å².